The van der Waals surface area contributed by atoms with Crippen molar-refractivity contribution in [2.75, 3.05) is 0 Å². The molecule has 1 nitrogen and oxygen atoms in total. The van der Waals surface area contributed by atoms with Gasteiger partial charge in [0.25, 0.3) is 0 Å². The zero-order valence-corrected chi connectivity index (χ0v) is 10.6. The lowest BCUT2D eigenvalue weighted by Gasteiger charge is -2.12. The van der Waals surface area contributed by atoms with Gasteiger partial charge in [-0.25, -0.2) is 8.78 Å². The number of rotatable bonds is 4. The van der Waals surface area contributed by atoms with Crippen molar-refractivity contribution in [3.05, 3.63) is 29.8 Å². The van der Waals surface area contributed by atoms with Crippen molar-refractivity contribution < 1.29 is 22.0 Å². The fourth-order valence-corrected chi connectivity index (χ4v) is 1.78. The van der Waals surface area contributed by atoms with Crippen molar-refractivity contribution in [1.82, 2.24) is 0 Å². The van der Waals surface area contributed by atoms with Gasteiger partial charge in [0.05, 0.1) is 0 Å². The van der Waals surface area contributed by atoms with Crippen LogP contribution in [0.5, 0.6) is 0 Å². The highest BCUT2D eigenvalue weighted by Crippen LogP contribution is 2.37. The lowest BCUT2D eigenvalue weighted by Crippen LogP contribution is -2.13. The van der Waals surface area contributed by atoms with Gasteiger partial charge in [-0.05, 0) is 29.5 Å². The maximum Gasteiger partial charge on any atom is 0.446 e. The summed E-state index contributed by atoms with van der Waals surface area (Å²) in [6, 6.07) is 4.25. The molecule has 1 rings (SSSR count). The molecule has 0 aliphatic carbocycles. The van der Waals surface area contributed by atoms with E-state index in [-0.39, 0.29) is 29.1 Å². The van der Waals surface area contributed by atoms with Crippen molar-refractivity contribution in [1.29, 1.82) is 0 Å². The highest BCUT2D eigenvalue weighted by atomic mass is 35.5. The zero-order chi connectivity index (χ0) is 13.1. The summed E-state index contributed by atoms with van der Waals surface area (Å²) in [5.74, 6) is 0. The van der Waals surface area contributed by atoms with Crippen LogP contribution in [0.2, 0.25) is 0 Å². The van der Waals surface area contributed by atoms with Crippen LogP contribution >= 0.6 is 24.2 Å². The first-order chi connectivity index (χ1) is 7.78. The third-order valence-corrected chi connectivity index (χ3v) is 2.71. The topological polar surface area (TPSA) is 26.0 Å². The molecule has 0 saturated carbocycles. The molecule has 0 radical (unpaired) electrons. The summed E-state index contributed by atoms with van der Waals surface area (Å²) >= 11 is -0.254. The number of hydrogen-bond donors (Lipinski definition) is 1. The molecule has 0 unspecified atom stereocenters. The molecule has 0 amide bonds. The van der Waals surface area contributed by atoms with Gasteiger partial charge in [0, 0.05) is 17.4 Å². The van der Waals surface area contributed by atoms with Crippen molar-refractivity contribution >= 4 is 24.2 Å². The molecule has 0 fully saturated rings. The van der Waals surface area contributed by atoms with Crippen LogP contribution < -0.4 is 5.73 Å². The molecule has 1 aromatic rings. The minimum atomic E-state index is -4.35. The Morgan fingerprint density at radius 3 is 2.00 bits per heavy atom. The minimum Gasteiger partial charge on any atom is -0.324 e. The van der Waals surface area contributed by atoms with Crippen LogP contribution in [-0.4, -0.2) is 11.9 Å². The van der Waals surface area contributed by atoms with Crippen LogP contribution in [-0.2, 0) is 0 Å². The smallest absolute Gasteiger partial charge is 0.324 e. The molecule has 2 N–H and O–H groups in total. The van der Waals surface area contributed by atoms with E-state index < -0.39 is 24.4 Å². The molecule has 1 aromatic carbocycles. The molecule has 0 heterocycles. The highest BCUT2D eigenvalue weighted by Gasteiger charge is 2.29. The maximum atomic E-state index is 12.0. The predicted molar refractivity (Wildman–Crippen MR) is 63.2 cm³/mol. The van der Waals surface area contributed by atoms with Crippen molar-refractivity contribution in [3.63, 3.8) is 0 Å². The summed E-state index contributed by atoms with van der Waals surface area (Å²) in [5, 5.41) is 0. The third kappa shape index (κ3) is 6.42. The number of nitrogens with two attached hydrogens (primary N) is 1. The Morgan fingerprint density at radius 2 is 1.61 bits per heavy atom. The molecule has 18 heavy (non-hydrogen) atoms. The van der Waals surface area contributed by atoms with Gasteiger partial charge >= 0.3 is 5.51 Å². The molecule has 0 spiro atoms. The Bertz CT molecular complexity index is 354. The van der Waals surface area contributed by atoms with Gasteiger partial charge in [0.15, 0.2) is 0 Å². The Morgan fingerprint density at radius 1 is 1.11 bits per heavy atom. The molecule has 0 aliphatic rings. The predicted octanol–water partition coefficient (Wildman–Crippen LogP) is 4.38. The molecular weight excluding hydrogens is 297 g/mol. The first-order valence-electron chi connectivity index (χ1n) is 4.67. The van der Waals surface area contributed by atoms with Crippen LogP contribution in [0.1, 0.15) is 18.0 Å². The Kier molecular flexibility index (Phi) is 6.94. The second-order valence-electron chi connectivity index (χ2n) is 3.35. The van der Waals surface area contributed by atoms with E-state index in [0.717, 1.165) is 0 Å². The first-order valence-corrected chi connectivity index (χ1v) is 5.49. The van der Waals surface area contributed by atoms with E-state index in [0.29, 0.717) is 5.56 Å². The van der Waals surface area contributed by atoms with Crippen molar-refractivity contribution in [2.45, 2.75) is 29.3 Å². The van der Waals surface area contributed by atoms with Crippen LogP contribution in [0.3, 0.4) is 0 Å². The molecular formula is C10H11ClF5NS. The molecule has 0 aliphatic heterocycles. The first kappa shape index (κ1) is 17.5. The largest absolute Gasteiger partial charge is 0.446 e. The molecule has 0 aromatic heterocycles. The van der Waals surface area contributed by atoms with Crippen molar-refractivity contribution in [3.8, 4) is 0 Å². The maximum absolute atomic E-state index is 12.0. The lowest BCUT2D eigenvalue weighted by atomic mass is 10.1. The average molecular weight is 308 g/mol. The lowest BCUT2D eigenvalue weighted by molar-refractivity contribution is -0.0328. The van der Waals surface area contributed by atoms with E-state index in [1.165, 1.54) is 24.3 Å². The Labute approximate surface area is 111 Å². The third-order valence-electron chi connectivity index (χ3n) is 1.97. The monoisotopic (exact) mass is 307 g/mol. The van der Waals surface area contributed by atoms with E-state index in [2.05, 4.69) is 0 Å². The number of thioether (sulfide) groups is 1. The Balaban J connectivity index is 0.00000289. The van der Waals surface area contributed by atoms with Crippen molar-refractivity contribution in [2.24, 2.45) is 5.73 Å². The van der Waals surface area contributed by atoms with E-state index in [1.54, 1.807) is 0 Å². The normalized spacial score (nSPS) is 13.3. The van der Waals surface area contributed by atoms with E-state index >= 15 is 0 Å². The number of hydrogen-bond acceptors (Lipinski definition) is 2. The quantitative estimate of drug-likeness (QED) is 0.660. The fourth-order valence-electron chi connectivity index (χ4n) is 1.24. The molecule has 8 heteroatoms. The summed E-state index contributed by atoms with van der Waals surface area (Å²) in [5.41, 5.74) is 1.51. The summed E-state index contributed by atoms with van der Waals surface area (Å²) in [4.78, 5) is 0.00509. The SMILES string of the molecule is Cl.N[C@H](CC(F)F)c1ccc(SC(F)(F)F)cc1. The standard InChI is InChI=1S/C10H10F5NS.ClH/c11-9(12)5-8(16)6-1-3-7(4-2-6)17-10(13,14)15;/h1-4,8-9H,5,16H2;1H/t8-;/m1./s1. The van der Waals surface area contributed by atoms with E-state index in [4.69, 9.17) is 5.73 Å². The number of benzene rings is 1. The minimum absolute atomic E-state index is 0. The highest BCUT2D eigenvalue weighted by molar-refractivity contribution is 8.00. The van der Waals surface area contributed by atoms with Crippen LogP contribution in [0, 0.1) is 0 Å². The fraction of sp³-hybridized carbons (Fsp3) is 0.400. The average Bonchev–Trinajstić information content (AvgIpc) is 2.15. The molecule has 1 atom stereocenters. The van der Waals surface area contributed by atoms with Gasteiger partial charge in [-0.3, -0.25) is 0 Å². The van der Waals surface area contributed by atoms with Crippen LogP contribution in [0.15, 0.2) is 29.2 Å². The summed E-state index contributed by atoms with van der Waals surface area (Å²) in [7, 11) is 0. The van der Waals surface area contributed by atoms with Gasteiger partial charge in [-0.1, -0.05) is 12.1 Å². The molecule has 0 saturated heterocycles. The molecule has 104 valence electrons. The summed E-state index contributed by atoms with van der Waals surface area (Å²) in [6.45, 7) is 0. The Hall–Kier alpha value is -0.530. The van der Waals surface area contributed by atoms with Gasteiger partial charge < -0.3 is 5.73 Å². The summed E-state index contributed by atoms with van der Waals surface area (Å²) in [6.07, 6.45) is -3.04. The zero-order valence-electron chi connectivity index (χ0n) is 8.95. The van der Waals surface area contributed by atoms with Crippen LogP contribution in [0.25, 0.3) is 0 Å². The number of halogens is 6. The van der Waals surface area contributed by atoms with E-state index in [1.807, 2.05) is 0 Å². The second-order valence-corrected chi connectivity index (χ2v) is 4.49. The van der Waals surface area contributed by atoms with Crippen LogP contribution in [0.4, 0.5) is 22.0 Å². The second kappa shape index (κ2) is 7.16. The molecule has 0 bridgehead atoms. The number of alkyl halides is 5. The van der Waals surface area contributed by atoms with Gasteiger partial charge in [-0.2, -0.15) is 13.2 Å². The summed E-state index contributed by atoms with van der Waals surface area (Å²) < 4.78 is 60.1. The van der Waals surface area contributed by atoms with E-state index in [9.17, 15) is 22.0 Å². The van der Waals surface area contributed by atoms with Gasteiger partial charge in [-0.15, -0.1) is 12.4 Å². The van der Waals surface area contributed by atoms with Gasteiger partial charge in [0.1, 0.15) is 0 Å². The van der Waals surface area contributed by atoms with Gasteiger partial charge in [0.2, 0.25) is 6.43 Å².